The lowest BCUT2D eigenvalue weighted by atomic mass is 9.93. The van der Waals surface area contributed by atoms with Gasteiger partial charge in [-0.2, -0.15) is 8.42 Å². The number of amides is 1. The lowest BCUT2D eigenvalue weighted by Crippen LogP contribution is -2.31. The van der Waals surface area contributed by atoms with Crippen molar-refractivity contribution >= 4 is 21.8 Å². The number of phenols is 1. The van der Waals surface area contributed by atoms with E-state index in [2.05, 4.69) is 0 Å². The van der Waals surface area contributed by atoms with E-state index < -0.39 is 39.9 Å². The van der Waals surface area contributed by atoms with Crippen molar-refractivity contribution in [2.45, 2.75) is 31.2 Å². The van der Waals surface area contributed by atoms with E-state index in [9.17, 15) is 22.7 Å². The summed E-state index contributed by atoms with van der Waals surface area (Å²) in [5.41, 5.74) is 5.74. The molecule has 1 aromatic carbocycles. The summed E-state index contributed by atoms with van der Waals surface area (Å²) < 4.78 is 40.8. The topological polar surface area (TPSA) is 113 Å². The van der Waals surface area contributed by atoms with E-state index in [1.54, 1.807) is 4.72 Å². The quantitative estimate of drug-likeness (QED) is 0.723. The number of hydrogen-bond acceptors (Lipinski definition) is 5. The number of nitrogens with zero attached hydrogens (tertiary/aromatic N) is 1. The van der Waals surface area contributed by atoms with Gasteiger partial charge in [-0.15, -0.1) is 0 Å². The van der Waals surface area contributed by atoms with Gasteiger partial charge >= 0.3 is 10.2 Å². The third kappa shape index (κ3) is 2.30. The summed E-state index contributed by atoms with van der Waals surface area (Å²) >= 11 is 0. The van der Waals surface area contributed by atoms with E-state index in [1.807, 2.05) is 0 Å². The smallest absolute Gasteiger partial charge is 0.326 e. The first-order valence-electron chi connectivity index (χ1n) is 6.91. The van der Waals surface area contributed by atoms with Gasteiger partial charge in [0.2, 0.25) is 0 Å². The molecule has 22 heavy (non-hydrogen) atoms. The molecule has 1 saturated heterocycles. The molecular formula is C13H16FN3O4S. The molecule has 1 aliphatic carbocycles. The van der Waals surface area contributed by atoms with Crippen LogP contribution in [0.5, 0.6) is 5.75 Å². The summed E-state index contributed by atoms with van der Waals surface area (Å²) in [6.45, 7) is -0.563. The van der Waals surface area contributed by atoms with Crippen LogP contribution in [0.1, 0.15) is 30.7 Å². The molecular weight excluding hydrogens is 313 g/mol. The molecule has 2 aliphatic rings. The lowest BCUT2D eigenvalue weighted by Gasteiger charge is -2.22. The zero-order valence-electron chi connectivity index (χ0n) is 11.6. The molecule has 0 bridgehead atoms. The second-order valence-corrected chi connectivity index (χ2v) is 7.17. The number of halogens is 1. The Morgan fingerprint density at radius 3 is 2.64 bits per heavy atom. The van der Waals surface area contributed by atoms with Gasteiger partial charge in [0.1, 0.15) is 18.0 Å². The van der Waals surface area contributed by atoms with E-state index in [1.165, 1.54) is 12.1 Å². The second kappa shape index (κ2) is 5.10. The maximum atomic E-state index is 14.8. The molecule has 2 atom stereocenters. The monoisotopic (exact) mass is 329 g/mol. The van der Waals surface area contributed by atoms with E-state index in [-0.39, 0.29) is 17.5 Å². The van der Waals surface area contributed by atoms with Crippen LogP contribution in [0.4, 0.5) is 10.1 Å². The van der Waals surface area contributed by atoms with E-state index in [0.717, 1.165) is 12.8 Å². The molecule has 1 aliphatic heterocycles. The maximum absolute atomic E-state index is 14.8. The van der Waals surface area contributed by atoms with Crippen molar-refractivity contribution in [3.05, 3.63) is 23.5 Å². The second-order valence-electron chi connectivity index (χ2n) is 5.57. The number of rotatable bonds is 2. The van der Waals surface area contributed by atoms with Gasteiger partial charge in [0, 0.05) is 12.0 Å². The van der Waals surface area contributed by atoms with Crippen molar-refractivity contribution in [2.24, 2.45) is 5.73 Å². The molecule has 1 heterocycles. The molecule has 3 rings (SSSR count). The van der Waals surface area contributed by atoms with Crippen LogP contribution in [-0.4, -0.2) is 32.0 Å². The van der Waals surface area contributed by atoms with Crippen molar-refractivity contribution in [3.8, 4) is 5.75 Å². The molecule has 2 fully saturated rings. The van der Waals surface area contributed by atoms with E-state index >= 15 is 0 Å². The average Bonchev–Trinajstić information content (AvgIpc) is 2.94. The highest BCUT2D eigenvalue weighted by Crippen LogP contribution is 2.41. The number of carbonyl (C=O) groups is 1. The van der Waals surface area contributed by atoms with Gasteiger partial charge in [-0.1, -0.05) is 12.5 Å². The lowest BCUT2D eigenvalue weighted by molar-refractivity contribution is -0.117. The minimum Gasteiger partial charge on any atom is -0.506 e. The van der Waals surface area contributed by atoms with Crippen LogP contribution in [0.2, 0.25) is 0 Å². The molecule has 120 valence electrons. The van der Waals surface area contributed by atoms with Gasteiger partial charge < -0.3 is 10.8 Å². The van der Waals surface area contributed by atoms with E-state index in [0.29, 0.717) is 10.7 Å². The van der Waals surface area contributed by atoms with Crippen LogP contribution >= 0.6 is 0 Å². The molecule has 4 N–H and O–H groups in total. The molecule has 1 amide bonds. The summed E-state index contributed by atoms with van der Waals surface area (Å²) in [4.78, 5) is 11.3. The van der Waals surface area contributed by atoms with Crippen molar-refractivity contribution in [3.63, 3.8) is 0 Å². The first-order valence-corrected chi connectivity index (χ1v) is 8.35. The Kier molecular flexibility index (Phi) is 3.48. The molecule has 9 heteroatoms. The van der Waals surface area contributed by atoms with E-state index in [4.69, 9.17) is 5.73 Å². The number of aromatic hydroxyl groups is 1. The van der Waals surface area contributed by atoms with Gasteiger partial charge in [0.15, 0.2) is 5.82 Å². The Bertz CT molecular complexity index is 737. The highest BCUT2D eigenvalue weighted by molar-refractivity contribution is 7.92. The number of nitrogens with two attached hydrogens (primary N) is 1. The number of hydrogen-bond donors (Lipinski definition) is 3. The Labute approximate surface area is 127 Å². The van der Waals surface area contributed by atoms with Crippen LogP contribution in [-0.2, 0) is 15.0 Å². The standard InChI is InChI=1S/C13H16FN3O4S/c14-12-8(7-2-1-3-9(7)15)4-5-10(18)13(12)17-6-11(19)16-22(17,20)21/h4-5,7,9,18H,1-3,6,15H2,(H,16,19). The normalized spacial score (nSPS) is 27.2. The maximum Gasteiger partial charge on any atom is 0.326 e. The van der Waals surface area contributed by atoms with Gasteiger partial charge in [0.25, 0.3) is 5.91 Å². The molecule has 0 radical (unpaired) electrons. The molecule has 0 spiro atoms. The third-order valence-electron chi connectivity index (χ3n) is 4.16. The van der Waals surface area contributed by atoms with Gasteiger partial charge in [-0.3, -0.25) is 4.79 Å². The summed E-state index contributed by atoms with van der Waals surface area (Å²) in [7, 11) is -4.19. The summed E-state index contributed by atoms with van der Waals surface area (Å²) in [6, 6.07) is 2.45. The molecule has 7 nitrogen and oxygen atoms in total. The fourth-order valence-electron chi connectivity index (χ4n) is 3.11. The van der Waals surface area contributed by atoms with Crippen molar-refractivity contribution in [2.75, 3.05) is 10.8 Å². The first kappa shape index (κ1) is 15.0. The Hall–Kier alpha value is -1.87. The van der Waals surface area contributed by atoms with Crippen LogP contribution in [0.3, 0.4) is 0 Å². The van der Waals surface area contributed by atoms with Gasteiger partial charge in [0.05, 0.1) is 0 Å². The van der Waals surface area contributed by atoms with Gasteiger partial charge in [-0.05, 0) is 24.5 Å². The average molecular weight is 329 g/mol. The van der Waals surface area contributed by atoms with Crippen LogP contribution in [0.25, 0.3) is 0 Å². The van der Waals surface area contributed by atoms with Crippen molar-refractivity contribution in [1.82, 2.24) is 4.72 Å². The Balaban J connectivity index is 2.10. The number of anilines is 1. The van der Waals surface area contributed by atoms with Crippen LogP contribution in [0.15, 0.2) is 12.1 Å². The summed E-state index contributed by atoms with van der Waals surface area (Å²) in [5, 5.41) is 9.89. The Morgan fingerprint density at radius 2 is 2.09 bits per heavy atom. The van der Waals surface area contributed by atoms with Crippen LogP contribution < -0.4 is 14.8 Å². The van der Waals surface area contributed by atoms with Crippen molar-refractivity contribution < 1.29 is 22.7 Å². The minimum atomic E-state index is -4.19. The SMILES string of the molecule is NC1CCCC1c1ccc(O)c(N2CC(=O)NS2(=O)=O)c1F. The Morgan fingerprint density at radius 1 is 1.36 bits per heavy atom. The number of phenolic OH excluding ortho intramolecular Hbond substituents is 1. The molecule has 1 aromatic rings. The first-order chi connectivity index (χ1) is 10.3. The number of nitrogens with one attached hydrogen (secondary N) is 1. The highest BCUT2D eigenvalue weighted by Gasteiger charge is 2.39. The number of carbonyl (C=O) groups excluding carboxylic acids is 1. The zero-order valence-corrected chi connectivity index (χ0v) is 12.4. The predicted octanol–water partition coefficient (Wildman–Crippen LogP) is 0.307. The zero-order chi connectivity index (χ0) is 16.1. The van der Waals surface area contributed by atoms with Crippen LogP contribution in [0, 0.1) is 5.82 Å². The number of benzene rings is 1. The predicted molar refractivity (Wildman–Crippen MR) is 77.0 cm³/mol. The fourth-order valence-corrected chi connectivity index (χ4v) is 4.28. The molecule has 0 aromatic heterocycles. The largest absolute Gasteiger partial charge is 0.506 e. The highest BCUT2D eigenvalue weighted by atomic mass is 32.2. The fraction of sp³-hybridized carbons (Fsp3) is 0.462. The van der Waals surface area contributed by atoms with Gasteiger partial charge in [-0.25, -0.2) is 13.4 Å². The summed E-state index contributed by atoms with van der Waals surface area (Å²) in [5.74, 6) is -2.38. The minimum absolute atomic E-state index is 0.207. The summed E-state index contributed by atoms with van der Waals surface area (Å²) in [6.07, 6.45) is 2.33. The van der Waals surface area contributed by atoms with Crippen molar-refractivity contribution in [1.29, 1.82) is 0 Å². The third-order valence-corrected chi connectivity index (χ3v) is 5.54. The molecule has 2 unspecified atom stereocenters. The molecule has 1 saturated carbocycles.